The molecule has 0 saturated carbocycles. The van der Waals surface area contributed by atoms with Crippen LogP contribution in [0.2, 0.25) is 0 Å². The van der Waals surface area contributed by atoms with E-state index in [-0.39, 0.29) is 11.1 Å². The molecule has 0 aliphatic heterocycles. The van der Waals surface area contributed by atoms with Crippen molar-refractivity contribution in [3.05, 3.63) is 54.6 Å². The van der Waals surface area contributed by atoms with E-state index < -0.39 is 41.8 Å². The lowest BCUT2D eigenvalue weighted by Crippen LogP contribution is -2.62. The first-order valence-corrected chi connectivity index (χ1v) is 8.18. The summed E-state index contributed by atoms with van der Waals surface area (Å²) in [6.45, 7) is 0. The van der Waals surface area contributed by atoms with Crippen LogP contribution in [0.5, 0.6) is 0 Å². The van der Waals surface area contributed by atoms with Crippen LogP contribution in [0.15, 0.2) is 54.6 Å². The van der Waals surface area contributed by atoms with Crippen LogP contribution >= 0.6 is 0 Å². The van der Waals surface area contributed by atoms with Gasteiger partial charge in [-0.2, -0.15) is 48.3 Å². The first-order chi connectivity index (χ1) is 14.4. The second-order valence-electron chi connectivity index (χ2n) is 6.15. The van der Waals surface area contributed by atoms with Crippen LogP contribution in [0.1, 0.15) is 0 Å². The molecule has 2 aromatic carbocycles. The zero-order chi connectivity index (χ0) is 24.6. The van der Waals surface area contributed by atoms with Crippen molar-refractivity contribution >= 4 is 11.6 Å². The van der Waals surface area contributed by atoms with Crippen molar-refractivity contribution < 1.29 is 57.8 Å². The van der Waals surface area contributed by atoms with Crippen molar-refractivity contribution in [2.24, 2.45) is 0 Å². The Morgan fingerprint density at radius 1 is 0.688 bits per heavy atom. The molecule has 0 aliphatic carbocycles. The number of rotatable bonds is 6. The summed E-state index contributed by atoms with van der Waals surface area (Å²) in [6, 6.07) is 11.8. The van der Waals surface area contributed by atoms with E-state index in [9.17, 15) is 53.1 Å². The third-order valence-electron chi connectivity index (χ3n) is 3.91. The molecule has 0 radical (unpaired) electrons. The molecule has 32 heavy (non-hydrogen) atoms. The molecule has 0 aromatic heterocycles. The molecule has 1 atom stereocenters. The van der Waals surface area contributed by atoms with Crippen LogP contribution < -0.4 is 5.32 Å². The Kier molecular flexibility index (Phi) is 6.52. The molecule has 1 N–H and O–H groups in total. The van der Waals surface area contributed by atoms with Crippen molar-refractivity contribution in [2.45, 2.75) is 30.2 Å². The number of hydrogen-bond acceptors (Lipinski definition) is 2. The number of ether oxygens (including phenoxy) is 1. The predicted octanol–water partition coefficient (Wildman–Crippen LogP) is 6.33. The number of amides is 1. The van der Waals surface area contributed by atoms with Crippen molar-refractivity contribution in [1.29, 1.82) is 0 Å². The third kappa shape index (κ3) is 4.64. The van der Waals surface area contributed by atoms with E-state index in [1.54, 1.807) is 0 Å². The van der Waals surface area contributed by atoms with Gasteiger partial charge >= 0.3 is 30.2 Å². The maximum absolute atomic E-state index is 14.4. The summed E-state index contributed by atoms with van der Waals surface area (Å²) < 4.78 is 145. The Labute approximate surface area is 171 Å². The Hall–Kier alpha value is -2.90. The number of carbonyl (C=O) groups excluding carboxylic acids is 1. The van der Waals surface area contributed by atoms with E-state index in [4.69, 9.17) is 0 Å². The van der Waals surface area contributed by atoms with Gasteiger partial charge in [-0.1, -0.05) is 48.5 Å². The number of alkyl halides is 11. The minimum Gasteiger partial charge on any atom is -0.320 e. The highest BCUT2D eigenvalue weighted by Crippen LogP contribution is 2.51. The van der Waals surface area contributed by atoms with E-state index in [0.29, 0.717) is 0 Å². The van der Waals surface area contributed by atoms with E-state index in [0.717, 1.165) is 12.1 Å². The summed E-state index contributed by atoms with van der Waals surface area (Å²) in [5.74, 6) is -16.6. The summed E-state index contributed by atoms with van der Waals surface area (Å²) in [4.78, 5) is 11.9. The number of hydrogen-bond donors (Lipinski definition) is 1. The van der Waals surface area contributed by atoms with E-state index in [1.807, 2.05) is 0 Å². The average Bonchev–Trinajstić information content (AvgIpc) is 2.66. The normalized spacial score (nSPS) is 15.2. The minimum atomic E-state index is -7.26. The molecule has 0 aliphatic rings. The minimum absolute atomic E-state index is 0.0571. The van der Waals surface area contributed by atoms with Gasteiger partial charge in [0.15, 0.2) is 0 Å². The van der Waals surface area contributed by atoms with Crippen molar-refractivity contribution in [2.75, 3.05) is 5.32 Å². The summed E-state index contributed by atoms with van der Waals surface area (Å²) in [5.41, 5.74) is -0.419. The van der Waals surface area contributed by atoms with Gasteiger partial charge in [0.2, 0.25) is 0 Å². The molecular formula is C18H10F11NO2. The van der Waals surface area contributed by atoms with E-state index in [1.165, 1.54) is 47.8 Å². The lowest BCUT2D eigenvalue weighted by Gasteiger charge is -2.34. The third-order valence-corrected chi connectivity index (χ3v) is 3.91. The lowest BCUT2D eigenvalue weighted by molar-refractivity contribution is -0.472. The van der Waals surface area contributed by atoms with Gasteiger partial charge in [0.05, 0.1) is 0 Å². The fourth-order valence-electron chi connectivity index (χ4n) is 2.30. The zero-order valence-electron chi connectivity index (χ0n) is 15.2. The highest BCUT2D eigenvalue weighted by molar-refractivity contribution is 6.00. The van der Waals surface area contributed by atoms with Gasteiger partial charge in [0.1, 0.15) is 0 Å². The predicted molar refractivity (Wildman–Crippen MR) is 87.4 cm³/mol. The molecule has 0 heterocycles. The number of para-hydroxylation sites is 1. The number of anilines is 1. The first-order valence-electron chi connectivity index (χ1n) is 8.18. The van der Waals surface area contributed by atoms with Gasteiger partial charge in [0, 0.05) is 11.3 Å². The highest BCUT2D eigenvalue weighted by atomic mass is 19.4. The molecule has 14 heteroatoms. The largest absolute Gasteiger partial charge is 0.462 e. The summed E-state index contributed by atoms with van der Waals surface area (Å²) in [5, 5.41) is 1.25. The molecule has 2 aromatic rings. The Bertz CT molecular complexity index is 957. The molecule has 0 fully saturated rings. The van der Waals surface area contributed by atoms with Gasteiger partial charge < -0.3 is 5.32 Å². The Balaban J connectivity index is 2.47. The molecule has 1 amide bonds. The van der Waals surface area contributed by atoms with Crippen LogP contribution in [0.25, 0.3) is 11.1 Å². The van der Waals surface area contributed by atoms with Gasteiger partial charge in [0.25, 0.3) is 5.91 Å². The number of carbonyl (C=O) groups is 1. The van der Waals surface area contributed by atoms with Crippen LogP contribution in [-0.2, 0) is 9.53 Å². The second kappa shape index (κ2) is 8.22. The second-order valence-corrected chi connectivity index (χ2v) is 6.15. The number of benzene rings is 2. The summed E-state index contributed by atoms with van der Waals surface area (Å²) in [7, 11) is 0. The average molecular weight is 481 g/mol. The molecule has 0 saturated heterocycles. The van der Waals surface area contributed by atoms with Gasteiger partial charge in [-0.05, 0) is 11.6 Å². The maximum Gasteiger partial charge on any atom is 0.462 e. The van der Waals surface area contributed by atoms with Gasteiger partial charge in [-0.25, -0.2) is 0 Å². The monoisotopic (exact) mass is 481 g/mol. The quantitative estimate of drug-likeness (QED) is 0.490. The first kappa shape index (κ1) is 25.4. The summed E-state index contributed by atoms with van der Waals surface area (Å²) >= 11 is 0. The van der Waals surface area contributed by atoms with Gasteiger partial charge in [-0.3, -0.25) is 9.53 Å². The number of nitrogens with one attached hydrogen (secondary N) is 1. The Morgan fingerprint density at radius 3 is 1.69 bits per heavy atom. The van der Waals surface area contributed by atoms with Crippen molar-refractivity contribution in [3.8, 4) is 11.1 Å². The highest BCUT2D eigenvalue weighted by Gasteiger charge is 2.79. The smallest absolute Gasteiger partial charge is 0.320 e. The van der Waals surface area contributed by atoms with Crippen LogP contribution in [-0.4, -0.2) is 36.1 Å². The summed E-state index contributed by atoms with van der Waals surface area (Å²) in [6.07, 6.45) is -21.0. The molecular weight excluding hydrogens is 471 g/mol. The standard InChI is InChI=1S/C18H10F11NO2/c19-14(16(22,23)24,32-18(28,29)15(20,21)17(25,26)27)13(31)30-12-9-5-4-8-11(12)10-6-2-1-3-7-10/h1-9H,(H,30,31)/t14-/m0/s1. The fourth-order valence-corrected chi connectivity index (χ4v) is 2.30. The lowest BCUT2D eigenvalue weighted by atomic mass is 10.0. The Morgan fingerprint density at radius 2 is 1.19 bits per heavy atom. The topological polar surface area (TPSA) is 38.3 Å². The van der Waals surface area contributed by atoms with E-state index in [2.05, 4.69) is 4.74 Å². The van der Waals surface area contributed by atoms with E-state index >= 15 is 0 Å². The molecule has 3 nitrogen and oxygen atoms in total. The molecule has 0 unspecified atom stereocenters. The fraction of sp³-hybridized carbons (Fsp3) is 0.278. The van der Waals surface area contributed by atoms with Crippen molar-refractivity contribution in [1.82, 2.24) is 0 Å². The molecule has 0 spiro atoms. The van der Waals surface area contributed by atoms with Crippen LogP contribution in [0.3, 0.4) is 0 Å². The van der Waals surface area contributed by atoms with Crippen molar-refractivity contribution in [3.63, 3.8) is 0 Å². The van der Waals surface area contributed by atoms with Crippen LogP contribution in [0.4, 0.5) is 54.0 Å². The van der Waals surface area contributed by atoms with Crippen LogP contribution in [0, 0.1) is 0 Å². The zero-order valence-corrected chi connectivity index (χ0v) is 15.2. The molecule has 2 rings (SSSR count). The van der Waals surface area contributed by atoms with Gasteiger partial charge in [-0.15, -0.1) is 0 Å². The molecule has 0 bridgehead atoms. The number of halogens is 11. The molecule has 176 valence electrons. The SMILES string of the molecule is O=C(Nc1ccccc1-c1ccccc1)[C@](F)(OC(F)(F)C(F)(F)C(F)(F)F)C(F)(F)F. The maximum atomic E-state index is 14.4.